The minimum Gasteiger partial charge on any atom is -0.396 e. The van der Waals surface area contributed by atoms with Gasteiger partial charge in [-0.25, -0.2) is 0 Å². The third kappa shape index (κ3) is 2.06. The molecule has 0 bridgehead atoms. The lowest BCUT2D eigenvalue weighted by atomic mass is 10.2. The monoisotopic (exact) mass is 169 g/mol. The Hall–Kier alpha value is -0.870. The van der Waals surface area contributed by atoms with E-state index in [1.165, 1.54) is 0 Å². The number of hydrogen-bond acceptors (Lipinski definition) is 3. The van der Waals surface area contributed by atoms with Crippen LogP contribution in [0.5, 0.6) is 0 Å². The Balaban J connectivity index is 2.70. The average Bonchev–Trinajstić information content (AvgIpc) is 2.34. The number of aryl methyl sites for hydroxylation is 1. The number of aromatic nitrogens is 2. The van der Waals surface area contributed by atoms with Crippen LogP contribution in [0.4, 0.5) is 0 Å². The molecule has 0 amide bonds. The molecule has 1 rings (SSSR count). The summed E-state index contributed by atoms with van der Waals surface area (Å²) in [5.74, 6) is 0. The second kappa shape index (κ2) is 4.23. The summed E-state index contributed by atoms with van der Waals surface area (Å²) < 4.78 is 1.79. The minimum absolute atomic E-state index is 0.168. The SMILES string of the molecule is Cn1nc(CCN)cc1CCO. The molecule has 0 saturated heterocycles. The first-order valence-corrected chi connectivity index (χ1v) is 4.10. The van der Waals surface area contributed by atoms with Gasteiger partial charge in [-0.15, -0.1) is 0 Å². The molecule has 68 valence electrons. The van der Waals surface area contributed by atoms with Crippen molar-refractivity contribution in [3.63, 3.8) is 0 Å². The maximum absolute atomic E-state index is 8.72. The molecular formula is C8H15N3O. The van der Waals surface area contributed by atoms with Crippen molar-refractivity contribution < 1.29 is 5.11 Å². The lowest BCUT2D eigenvalue weighted by molar-refractivity contribution is 0.296. The highest BCUT2D eigenvalue weighted by Crippen LogP contribution is 2.03. The highest BCUT2D eigenvalue weighted by atomic mass is 16.3. The fraction of sp³-hybridized carbons (Fsp3) is 0.625. The number of aliphatic hydroxyl groups excluding tert-OH is 1. The van der Waals surface area contributed by atoms with Gasteiger partial charge in [0.1, 0.15) is 0 Å². The Morgan fingerprint density at radius 3 is 2.92 bits per heavy atom. The molecule has 1 aromatic heterocycles. The maximum atomic E-state index is 8.72. The molecular weight excluding hydrogens is 154 g/mol. The van der Waals surface area contributed by atoms with Gasteiger partial charge in [0.05, 0.1) is 5.69 Å². The smallest absolute Gasteiger partial charge is 0.0640 e. The summed E-state index contributed by atoms with van der Waals surface area (Å²) >= 11 is 0. The van der Waals surface area contributed by atoms with Gasteiger partial charge in [0.25, 0.3) is 0 Å². The first kappa shape index (κ1) is 9.22. The third-order valence-electron chi connectivity index (χ3n) is 1.80. The largest absolute Gasteiger partial charge is 0.396 e. The summed E-state index contributed by atoms with van der Waals surface area (Å²) in [6, 6.07) is 1.99. The lowest BCUT2D eigenvalue weighted by Crippen LogP contribution is -2.04. The Labute approximate surface area is 72.0 Å². The fourth-order valence-electron chi connectivity index (χ4n) is 1.19. The van der Waals surface area contributed by atoms with Crippen LogP contribution < -0.4 is 5.73 Å². The van der Waals surface area contributed by atoms with Crippen molar-refractivity contribution in [2.45, 2.75) is 12.8 Å². The predicted molar refractivity (Wildman–Crippen MR) is 46.8 cm³/mol. The van der Waals surface area contributed by atoms with Crippen LogP contribution in [0.25, 0.3) is 0 Å². The fourth-order valence-corrected chi connectivity index (χ4v) is 1.19. The van der Waals surface area contributed by atoms with Gasteiger partial charge in [0.15, 0.2) is 0 Å². The van der Waals surface area contributed by atoms with Crippen molar-refractivity contribution >= 4 is 0 Å². The second-order valence-corrected chi connectivity index (χ2v) is 2.76. The van der Waals surface area contributed by atoms with Crippen LogP contribution in [0.3, 0.4) is 0 Å². The summed E-state index contributed by atoms with van der Waals surface area (Å²) in [5, 5.41) is 13.0. The van der Waals surface area contributed by atoms with Crippen molar-refractivity contribution in [2.75, 3.05) is 13.2 Å². The zero-order chi connectivity index (χ0) is 8.97. The van der Waals surface area contributed by atoms with Crippen LogP contribution in [0.1, 0.15) is 11.4 Å². The number of hydrogen-bond donors (Lipinski definition) is 2. The van der Waals surface area contributed by atoms with E-state index in [-0.39, 0.29) is 6.61 Å². The molecule has 0 radical (unpaired) electrons. The van der Waals surface area contributed by atoms with E-state index in [0.717, 1.165) is 17.8 Å². The molecule has 0 unspecified atom stereocenters. The topological polar surface area (TPSA) is 64.1 Å². The summed E-state index contributed by atoms with van der Waals surface area (Å²) in [7, 11) is 1.88. The predicted octanol–water partition coefficient (Wildman–Crippen LogP) is -0.544. The highest BCUT2D eigenvalue weighted by molar-refractivity contribution is 5.10. The Bertz CT molecular complexity index is 244. The molecule has 0 fully saturated rings. The Morgan fingerprint density at radius 2 is 2.33 bits per heavy atom. The summed E-state index contributed by atoms with van der Waals surface area (Å²) in [6.07, 6.45) is 1.47. The average molecular weight is 169 g/mol. The summed E-state index contributed by atoms with van der Waals surface area (Å²) in [5.41, 5.74) is 7.45. The lowest BCUT2D eigenvalue weighted by Gasteiger charge is -1.95. The van der Waals surface area contributed by atoms with E-state index in [9.17, 15) is 0 Å². The first-order valence-electron chi connectivity index (χ1n) is 4.10. The van der Waals surface area contributed by atoms with Crippen molar-refractivity contribution in [3.8, 4) is 0 Å². The number of nitrogens with zero attached hydrogens (tertiary/aromatic N) is 2. The number of nitrogens with two attached hydrogens (primary N) is 1. The van der Waals surface area contributed by atoms with Crippen LogP contribution in [-0.2, 0) is 19.9 Å². The molecule has 1 aromatic rings. The molecule has 0 aliphatic heterocycles. The number of aliphatic hydroxyl groups is 1. The van der Waals surface area contributed by atoms with Crippen molar-refractivity contribution in [3.05, 3.63) is 17.5 Å². The molecule has 3 N–H and O–H groups in total. The van der Waals surface area contributed by atoms with E-state index in [1.807, 2.05) is 13.1 Å². The first-order chi connectivity index (χ1) is 5.77. The zero-order valence-electron chi connectivity index (χ0n) is 7.32. The van der Waals surface area contributed by atoms with Gasteiger partial charge in [-0.2, -0.15) is 5.10 Å². The van der Waals surface area contributed by atoms with Crippen molar-refractivity contribution in [2.24, 2.45) is 12.8 Å². The maximum Gasteiger partial charge on any atom is 0.0640 e. The van der Waals surface area contributed by atoms with Crippen molar-refractivity contribution in [1.29, 1.82) is 0 Å². The van der Waals surface area contributed by atoms with Gasteiger partial charge in [-0.1, -0.05) is 0 Å². The van der Waals surface area contributed by atoms with Gasteiger partial charge in [0.2, 0.25) is 0 Å². The highest BCUT2D eigenvalue weighted by Gasteiger charge is 2.02. The van der Waals surface area contributed by atoms with E-state index < -0.39 is 0 Å². The Morgan fingerprint density at radius 1 is 1.58 bits per heavy atom. The molecule has 0 saturated carbocycles. The quantitative estimate of drug-likeness (QED) is 0.636. The molecule has 0 atom stereocenters. The van der Waals surface area contributed by atoms with E-state index >= 15 is 0 Å². The van der Waals surface area contributed by atoms with Gasteiger partial charge in [0, 0.05) is 32.2 Å². The van der Waals surface area contributed by atoms with E-state index in [1.54, 1.807) is 4.68 Å². The molecule has 0 aliphatic carbocycles. The molecule has 0 aliphatic rings. The van der Waals surface area contributed by atoms with Crippen LogP contribution in [0, 0.1) is 0 Å². The molecule has 12 heavy (non-hydrogen) atoms. The van der Waals surface area contributed by atoms with Gasteiger partial charge < -0.3 is 10.8 Å². The van der Waals surface area contributed by atoms with E-state index in [0.29, 0.717) is 13.0 Å². The van der Waals surface area contributed by atoms with Crippen LogP contribution in [0.15, 0.2) is 6.07 Å². The summed E-state index contributed by atoms with van der Waals surface area (Å²) in [4.78, 5) is 0. The molecule has 0 aromatic carbocycles. The van der Waals surface area contributed by atoms with Gasteiger partial charge in [-0.05, 0) is 12.6 Å². The van der Waals surface area contributed by atoms with Crippen molar-refractivity contribution in [1.82, 2.24) is 9.78 Å². The summed E-state index contributed by atoms with van der Waals surface area (Å²) in [6.45, 7) is 0.789. The van der Waals surface area contributed by atoms with E-state index in [2.05, 4.69) is 5.10 Å². The molecule has 4 nitrogen and oxygen atoms in total. The zero-order valence-corrected chi connectivity index (χ0v) is 7.32. The second-order valence-electron chi connectivity index (χ2n) is 2.76. The van der Waals surface area contributed by atoms with Crippen LogP contribution in [-0.4, -0.2) is 28.0 Å². The molecule has 1 heterocycles. The normalized spacial score (nSPS) is 10.6. The van der Waals surface area contributed by atoms with E-state index in [4.69, 9.17) is 10.8 Å². The van der Waals surface area contributed by atoms with Gasteiger partial charge in [-0.3, -0.25) is 4.68 Å². The minimum atomic E-state index is 0.168. The van der Waals surface area contributed by atoms with Crippen LogP contribution in [0.2, 0.25) is 0 Å². The molecule has 4 heteroatoms. The third-order valence-corrected chi connectivity index (χ3v) is 1.80. The number of rotatable bonds is 4. The van der Waals surface area contributed by atoms with Crippen LogP contribution >= 0.6 is 0 Å². The molecule has 0 spiro atoms. The standard InChI is InChI=1S/C8H15N3O/c1-11-8(3-5-12)6-7(10-11)2-4-9/h6,12H,2-5,9H2,1H3. The van der Waals surface area contributed by atoms with Gasteiger partial charge >= 0.3 is 0 Å². The Kier molecular flexibility index (Phi) is 3.25.